The number of rotatable bonds is 2. The largest absolute Gasteiger partial charge is 0.478 e. The van der Waals surface area contributed by atoms with E-state index in [-0.39, 0.29) is 10.6 Å². The SMILES string of the molecule is O=C(O)c1ccnc(-n2cc(I)cn2)c1Cl. The molecule has 7 heteroatoms. The predicted octanol–water partition coefficient (Wildman–Crippen LogP) is 2.22. The van der Waals surface area contributed by atoms with Gasteiger partial charge in [0.05, 0.1) is 20.4 Å². The summed E-state index contributed by atoms with van der Waals surface area (Å²) in [5.74, 6) is -0.778. The summed E-state index contributed by atoms with van der Waals surface area (Å²) in [7, 11) is 0. The van der Waals surface area contributed by atoms with Crippen molar-refractivity contribution < 1.29 is 9.90 Å². The van der Waals surface area contributed by atoms with Crippen LogP contribution in [-0.4, -0.2) is 25.8 Å². The normalized spacial score (nSPS) is 10.4. The lowest BCUT2D eigenvalue weighted by atomic mass is 10.2. The van der Waals surface area contributed by atoms with Gasteiger partial charge in [-0.05, 0) is 28.7 Å². The number of aromatic carboxylic acids is 1. The summed E-state index contributed by atoms with van der Waals surface area (Å²) in [6, 6.07) is 1.35. The third-order valence-electron chi connectivity index (χ3n) is 1.87. The number of carboxylic acid groups (broad SMARTS) is 1. The molecule has 2 aromatic heterocycles. The van der Waals surface area contributed by atoms with Gasteiger partial charge in [-0.3, -0.25) is 0 Å². The van der Waals surface area contributed by atoms with E-state index in [1.165, 1.54) is 16.9 Å². The topological polar surface area (TPSA) is 68.0 Å². The summed E-state index contributed by atoms with van der Waals surface area (Å²) in [5.41, 5.74) is 0.0113. The van der Waals surface area contributed by atoms with Crippen LogP contribution in [0.15, 0.2) is 24.7 Å². The molecule has 0 aliphatic rings. The van der Waals surface area contributed by atoms with Crippen LogP contribution in [0.2, 0.25) is 5.02 Å². The lowest BCUT2D eigenvalue weighted by Crippen LogP contribution is -2.04. The van der Waals surface area contributed by atoms with Gasteiger partial charge in [0.1, 0.15) is 0 Å². The number of hydrogen-bond acceptors (Lipinski definition) is 3. The zero-order valence-electron chi connectivity index (χ0n) is 7.76. The molecule has 2 rings (SSSR count). The Balaban J connectivity index is 2.58. The summed E-state index contributed by atoms with van der Waals surface area (Å²) in [6.07, 6.45) is 4.73. The van der Waals surface area contributed by atoms with Crippen LogP contribution in [-0.2, 0) is 0 Å². The number of hydrogen-bond donors (Lipinski definition) is 1. The molecule has 0 atom stereocenters. The summed E-state index contributed by atoms with van der Waals surface area (Å²) >= 11 is 8.03. The second-order valence-electron chi connectivity index (χ2n) is 2.90. The van der Waals surface area contributed by atoms with Crippen LogP contribution < -0.4 is 0 Å². The van der Waals surface area contributed by atoms with E-state index in [1.54, 1.807) is 12.4 Å². The van der Waals surface area contributed by atoms with Crippen LogP contribution in [0.4, 0.5) is 0 Å². The molecule has 16 heavy (non-hydrogen) atoms. The van der Waals surface area contributed by atoms with Crippen molar-refractivity contribution in [2.24, 2.45) is 0 Å². The third-order valence-corrected chi connectivity index (χ3v) is 2.80. The summed E-state index contributed by atoms with van der Waals surface area (Å²) in [6.45, 7) is 0. The van der Waals surface area contributed by atoms with Crippen molar-refractivity contribution in [1.82, 2.24) is 14.8 Å². The molecule has 0 spiro atoms. The van der Waals surface area contributed by atoms with E-state index in [2.05, 4.69) is 32.7 Å². The second kappa shape index (κ2) is 4.38. The minimum atomic E-state index is -1.09. The molecule has 2 aromatic rings. The van der Waals surface area contributed by atoms with Crippen LogP contribution in [0.25, 0.3) is 5.82 Å². The standard InChI is InChI=1S/C9H5ClIN3O2/c10-7-6(9(15)16)1-2-12-8(7)14-4-5(11)3-13-14/h1-4H,(H,15,16). The Morgan fingerprint density at radius 2 is 2.31 bits per heavy atom. The minimum Gasteiger partial charge on any atom is -0.478 e. The predicted molar refractivity (Wildman–Crippen MR) is 66.0 cm³/mol. The molecule has 0 aliphatic heterocycles. The fourth-order valence-electron chi connectivity index (χ4n) is 1.17. The first kappa shape index (κ1) is 11.3. The van der Waals surface area contributed by atoms with Crippen LogP contribution >= 0.6 is 34.2 Å². The Labute approximate surface area is 109 Å². The van der Waals surface area contributed by atoms with E-state index in [0.29, 0.717) is 5.82 Å². The van der Waals surface area contributed by atoms with E-state index in [4.69, 9.17) is 16.7 Å². The van der Waals surface area contributed by atoms with Crippen LogP contribution in [0.3, 0.4) is 0 Å². The average molecular weight is 350 g/mol. The van der Waals surface area contributed by atoms with Gasteiger partial charge in [0.2, 0.25) is 0 Å². The van der Waals surface area contributed by atoms with E-state index in [0.717, 1.165) is 3.57 Å². The molecule has 2 heterocycles. The first-order valence-corrected chi connectivity index (χ1v) is 5.63. The lowest BCUT2D eigenvalue weighted by molar-refractivity contribution is 0.0697. The van der Waals surface area contributed by atoms with Gasteiger partial charge in [-0.2, -0.15) is 5.10 Å². The highest BCUT2D eigenvalue weighted by Crippen LogP contribution is 2.22. The Hall–Kier alpha value is -1.15. The fraction of sp³-hybridized carbons (Fsp3) is 0. The molecule has 0 radical (unpaired) electrons. The highest BCUT2D eigenvalue weighted by Gasteiger charge is 2.14. The number of nitrogens with zero attached hydrogens (tertiary/aromatic N) is 3. The lowest BCUT2D eigenvalue weighted by Gasteiger charge is -2.04. The quantitative estimate of drug-likeness (QED) is 0.844. The Bertz CT molecular complexity index is 555. The van der Waals surface area contributed by atoms with E-state index >= 15 is 0 Å². The maximum Gasteiger partial charge on any atom is 0.337 e. The smallest absolute Gasteiger partial charge is 0.337 e. The zero-order chi connectivity index (χ0) is 11.7. The Kier molecular flexibility index (Phi) is 3.10. The number of aromatic nitrogens is 3. The molecule has 0 aliphatic carbocycles. The molecule has 5 nitrogen and oxygen atoms in total. The van der Waals surface area contributed by atoms with Gasteiger partial charge in [-0.15, -0.1) is 0 Å². The molecule has 0 saturated heterocycles. The Morgan fingerprint density at radius 3 is 2.88 bits per heavy atom. The zero-order valence-corrected chi connectivity index (χ0v) is 10.7. The number of carboxylic acids is 1. The van der Waals surface area contributed by atoms with Crippen molar-refractivity contribution in [2.45, 2.75) is 0 Å². The van der Waals surface area contributed by atoms with Gasteiger partial charge in [0.15, 0.2) is 5.82 Å². The van der Waals surface area contributed by atoms with Crippen molar-refractivity contribution in [3.05, 3.63) is 38.8 Å². The van der Waals surface area contributed by atoms with E-state index in [9.17, 15) is 4.79 Å². The highest BCUT2D eigenvalue weighted by molar-refractivity contribution is 14.1. The molecular weight excluding hydrogens is 344 g/mol. The Morgan fingerprint density at radius 1 is 1.56 bits per heavy atom. The van der Waals surface area contributed by atoms with Gasteiger partial charge in [-0.25, -0.2) is 14.5 Å². The molecule has 0 bridgehead atoms. The third kappa shape index (κ3) is 2.03. The van der Waals surface area contributed by atoms with Gasteiger partial charge in [0, 0.05) is 12.4 Å². The van der Waals surface area contributed by atoms with Gasteiger partial charge in [-0.1, -0.05) is 11.6 Å². The maximum atomic E-state index is 10.9. The van der Waals surface area contributed by atoms with Crippen molar-refractivity contribution in [2.75, 3.05) is 0 Å². The molecule has 1 N–H and O–H groups in total. The number of carbonyl (C=O) groups is 1. The average Bonchev–Trinajstić information content (AvgIpc) is 2.64. The monoisotopic (exact) mass is 349 g/mol. The number of halogens is 2. The van der Waals surface area contributed by atoms with Crippen LogP contribution in [0.1, 0.15) is 10.4 Å². The molecule has 0 fully saturated rings. The fourth-order valence-corrected chi connectivity index (χ4v) is 1.84. The van der Waals surface area contributed by atoms with Crippen molar-refractivity contribution in [1.29, 1.82) is 0 Å². The second-order valence-corrected chi connectivity index (χ2v) is 4.53. The molecule has 0 saturated carbocycles. The maximum absolute atomic E-state index is 10.9. The number of pyridine rings is 1. The minimum absolute atomic E-state index is 0.0113. The van der Waals surface area contributed by atoms with Gasteiger partial charge < -0.3 is 5.11 Å². The molecule has 0 unspecified atom stereocenters. The summed E-state index contributed by atoms with van der Waals surface area (Å²) < 4.78 is 2.35. The van der Waals surface area contributed by atoms with Crippen LogP contribution in [0, 0.1) is 3.57 Å². The first-order valence-electron chi connectivity index (χ1n) is 4.18. The first-order chi connectivity index (χ1) is 7.59. The highest BCUT2D eigenvalue weighted by atomic mass is 127. The van der Waals surface area contributed by atoms with E-state index in [1.807, 2.05) is 0 Å². The van der Waals surface area contributed by atoms with Gasteiger partial charge >= 0.3 is 5.97 Å². The molecule has 82 valence electrons. The summed E-state index contributed by atoms with van der Waals surface area (Å²) in [5, 5.41) is 13.0. The van der Waals surface area contributed by atoms with Crippen molar-refractivity contribution >= 4 is 40.2 Å². The summed E-state index contributed by atoms with van der Waals surface area (Å²) in [4.78, 5) is 14.9. The van der Waals surface area contributed by atoms with E-state index < -0.39 is 5.97 Å². The molecular formula is C9H5ClIN3O2. The van der Waals surface area contributed by atoms with Gasteiger partial charge in [0.25, 0.3) is 0 Å². The van der Waals surface area contributed by atoms with Crippen molar-refractivity contribution in [3.8, 4) is 5.82 Å². The molecule has 0 aromatic carbocycles. The van der Waals surface area contributed by atoms with Crippen LogP contribution in [0.5, 0.6) is 0 Å². The van der Waals surface area contributed by atoms with Crippen molar-refractivity contribution in [3.63, 3.8) is 0 Å². The molecule has 0 amide bonds.